The van der Waals surface area contributed by atoms with Crippen LogP contribution in [0.25, 0.3) is 0 Å². The Kier molecular flexibility index (Phi) is 3.78. The summed E-state index contributed by atoms with van der Waals surface area (Å²) >= 11 is 1.36. The van der Waals surface area contributed by atoms with E-state index in [9.17, 15) is 13.6 Å². The van der Waals surface area contributed by atoms with E-state index in [0.717, 1.165) is 17.8 Å². The third kappa shape index (κ3) is 3.52. The van der Waals surface area contributed by atoms with Gasteiger partial charge >= 0.3 is 6.61 Å². The summed E-state index contributed by atoms with van der Waals surface area (Å²) in [4.78, 5) is 12.0. The Balaban J connectivity index is 1.63. The molecule has 21 heavy (non-hydrogen) atoms. The molecule has 3 rings (SSSR count). The lowest BCUT2D eigenvalue weighted by molar-refractivity contribution is -0.0498. The van der Waals surface area contributed by atoms with E-state index in [-0.39, 0.29) is 11.7 Å². The third-order valence-corrected chi connectivity index (χ3v) is 3.93. The van der Waals surface area contributed by atoms with Gasteiger partial charge in [-0.1, -0.05) is 11.3 Å². The normalized spacial score (nSPS) is 14.2. The van der Waals surface area contributed by atoms with Gasteiger partial charge in [-0.25, -0.2) is 0 Å². The molecule has 0 unspecified atom stereocenters. The number of alkyl halides is 2. The Hall–Kier alpha value is -2.09. The van der Waals surface area contributed by atoms with Crippen molar-refractivity contribution >= 4 is 22.4 Å². The number of carbonyl (C=O) groups excluding carboxylic acids is 1. The zero-order valence-electron chi connectivity index (χ0n) is 10.8. The SMILES string of the molecule is O=C(Nc1nnc(C2CC2)s1)c1ccc(OC(F)F)cc1. The van der Waals surface area contributed by atoms with Crippen molar-refractivity contribution in [2.45, 2.75) is 25.4 Å². The number of amides is 1. The summed E-state index contributed by atoms with van der Waals surface area (Å²) < 4.78 is 28.3. The van der Waals surface area contributed by atoms with Crippen LogP contribution in [0.3, 0.4) is 0 Å². The minimum atomic E-state index is -2.88. The third-order valence-electron chi connectivity index (χ3n) is 2.93. The molecule has 0 radical (unpaired) electrons. The van der Waals surface area contributed by atoms with Crippen molar-refractivity contribution < 1.29 is 18.3 Å². The molecule has 1 aliphatic rings. The predicted molar refractivity (Wildman–Crippen MR) is 72.9 cm³/mol. The minimum Gasteiger partial charge on any atom is -0.435 e. The van der Waals surface area contributed by atoms with Crippen molar-refractivity contribution in [3.63, 3.8) is 0 Å². The Labute approximate surface area is 123 Å². The van der Waals surface area contributed by atoms with Gasteiger partial charge in [-0.2, -0.15) is 8.78 Å². The van der Waals surface area contributed by atoms with Crippen LogP contribution >= 0.6 is 11.3 Å². The highest BCUT2D eigenvalue weighted by atomic mass is 32.1. The number of hydrogen-bond acceptors (Lipinski definition) is 5. The molecule has 0 spiro atoms. The van der Waals surface area contributed by atoms with Crippen molar-refractivity contribution in [1.82, 2.24) is 10.2 Å². The van der Waals surface area contributed by atoms with Crippen LogP contribution in [0, 0.1) is 0 Å². The van der Waals surface area contributed by atoms with Crippen LogP contribution in [0.2, 0.25) is 0 Å². The zero-order valence-corrected chi connectivity index (χ0v) is 11.6. The number of carbonyl (C=O) groups is 1. The van der Waals surface area contributed by atoms with Crippen LogP contribution in [0.15, 0.2) is 24.3 Å². The molecule has 0 atom stereocenters. The largest absolute Gasteiger partial charge is 0.435 e. The van der Waals surface area contributed by atoms with Gasteiger partial charge in [0.15, 0.2) is 0 Å². The Morgan fingerprint density at radius 2 is 2.00 bits per heavy atom. The smallest absolute Gasteiger partial charge is 0.387 e. The Morgan fingerprint density at radius 3 is 2.62 bits per heavy atom. The maximum absolute atomic E-state index is 12.0. The molecule has 1 fully saturated rings. The van der Waals surface area contributed by atoms with Crippen molar-refractivity contribution in [3.05, 3.63) is 34.8 Å². The molecule has 1 saturated carbocycles. The molecule has 5 nitrogen and oxygen atoms in total. The van der Waals surface area contributed by atoms with E-state index in [4.69, 9.17) is 0 Å². The molecule has 110 valence electrons. The fraction of sp³-hybridized carbons (Fsp3) is 0.308. The van der Waals surface area contributed by atoms with Gasteiger partial charge in [0, 0.05) is 11.5 Å². The molecule has 1 heterocycles. The van der Waals surface area contributed by atoms with E-state index in [1.165, 1.54) is 35.6 Å². The molecular formula is C13H11F2N3O2S. The number of hydrogen-bond donors (Lipinski definition) is 1. The van der Waals surface area contributed by atoms with Crippen molar-refractivity contribution in [2.75, 3.05) is 5.32 Å². The van der Waals surface area contributed by atoms with Crippen LogP contribution in [0.5, 0.6) is 5.75 Å². The number of benzene rings is 1. The van der Waals surface area contributed by atoms with E-state index < -0.39 is 6.61 Å². The number of nitrogens with zero attached hydrogens (tertiary/aromatic N) is 2. The minimum absolute atomic E-state index is 0.00786. The van der Waals surface area contributed by atoms with E-state index in [2.05, 4.69) is 20.3 Å². The van der Waals surface area contributed by atoms with Gasteiger partial charge in [0.25, 0.3) is 5.91 Å². The van der Waals surface area contributed by atoms with Crippen LogP contribution in [-0.2, 0) is 0 Å². The highest BCUT2D eigenvalue weighted by Gasteiger charge is 2.27. The molecule has 8 heteroatoms. The Bertz CT molecular complexity index is 641. The fourth-order valence-corrected chi connectivity index (χ4v) is 2.64. The van der Waals surface area contributed by atoms with Gasteiger partial charge in [0.2, 0.25) is 5.13 Å². The average Bonchev–Trinajstić information content (AvgIpc) is 3.20. The number of ether oxygens (including phenoxy) is 1. The fourth-order valence-electron chi connectivity index (χ4n) is 1.74. The highest BCUT2D eigenvalue weighted by Crippen LogP contribution is 2.42. The van der Waals surface area contributed by atoms with E-state index in [1.807, 2.05) is 0 Å². The van der Waals surface area contributed by atoms with Crippen molar-refractivity contribution in [2.24, 2.45) is 0 Å². The molecule has 1 amide bonds. The first kappa shape index (κ1) is 13.9. The predicted octanol–water partition coefficient (Wildman–Crippen LogP) is 3.27. The summed E-state index contributed by atoms with van der Waals surface area (Å²) in [6.07, 6.45) is 2.24. The van der Waals surface area contributed by atoms with Crippen LogP contribution in [-0.4, -0.2) is 22.7 Å². The first-order chi connectivity index (χ1) is 10.1. The maximum Gasteiger partial charge on any atom is 0.387 e. The second-order valence-corrected chi connectivity index (χ2v) is 5.59. The Morgan fingerprint density at radius 1 is 1.29 bits per heavy atom. The lowest BCUT2D eigenvalue weighted by Gasteiger charge is -2.05. The molecule has 0 saturated heterocycles. The zero-order chi connectivity index (χ0) is 14.8. The first-order valence-electron chi connectivity index (χ1n) is 6.31. The monoisotopic (exact) mass is 311 g/mol. The van der Waals surface area contributed by atoms with Gasteiger partial charge in [0.1, 0.15) is 10.8 Å². The van der Waals surface area contributed by atoms with Gasteiger partial charge < -0.3 is 4.74 Å². The first-order valence-corrected chi connectivity index (χ1v) is 7.13. The second-order valence-electron chi connectivity index (χ2n) is 4.58. The van der Waals surface area contributed by atoms with E-state index in [1.54, 1.807) is 0 Å². The van der Waals surface area contributed by atoms with Gasteiger partial charge in [-0.05, 0) is 37.1 Å². The summed E-state index contributed by atoms with van der Waals surface area (Å²) in [6, 6.07) is 5.46. The number of halogens is 2. The number of anilines is 1. The summed E-state index contributed by atoms with van der Waals surface area (Å²) in [5, 5.41) is 11.9. The summed E-state index contributed by atoms with van der Waals surface area (Å²) in [6.45, 7) is -2.88. The summed E-state index contributed by atoms with van der Waals surface area (Å²) in [7, 11) is 0. The molecule has 2 aromatic rings. The van der Waals surface area contributed by atoms with Crippen LogP contribution in [0.4, 0.5) is 13.9 Å². The maximum atomic E-state index is 12.0. The standard InChI is InChI=1S/C13H11F2N3O2S/c14-12(15)20-9-5-3-7(4-6-9)10(19)16-13-18-17-11(21-13)8-1-2-8/h3-6,8,12H,1-2H2,(H,16,18,19). The lowest BCUT2D eigenvalue weighted by Crippen LogP contribution is -2.11. The highest BCUT2D eigenvalue weighted by molar-refractivity contribution is 7.15. The number of nitrogens with one attached hydrogen (secondary N) is 1. The lowest BCUT2D eigenvalue weighted by atomic mass is 10.2. The van der Waals surface area contributed by atoms with Gasteiger partial charge in [-0.15, -0.1) is 10.2 Å². The van der Waals surface area contributed by atoms with Crippen molar-refractivity contribution in [1.29, 1.82) is 0 Å². The van der Waals surface area contributed by atoms with Crippen molar-refractivity contribution in [3.8, 4) is 5.75 Å². The quantitative estimate of drug-likeness (QED) is 0.920. The number of aromatic nitrogens is 2. The molecule has 0 aliphatic heterocycles. The topological polar surface area (TPSA) is 64.1 Å². The molecule has 1 aromatic heterocycles. The number of rotatable bonds is 5. The molecule has 1 aromatic carbocycles. The van der Waals surface area contributed by atoms with Crippen LogP contribution in [0.1, 0.15) is 34.1 Å². The van der Waals surface area contributed by atoms with Gasteiger partial charge in [0.05, 0.1) is 0 Å². The second kappa shape index (κ2) is 5.72. The molecule has 1 aliphatic carbocycles. The summed E-state index contributed by atoms with van der Waals surface area (Å²) in [5.41, 5.74) is 0.333. The average molecular weight is 311 g/mol. The summed E-state index contributed by atoms with van der Waals surface area (Å²) in [5.74, 6) is 0.129. The van der Waals surface area contributed by atoms with E-state index in [0.29, 0.717) is 16.6 Å². The molecule has 1 N–H and O–H groups in total. The molecule has 0 bridgehead atoms. The van der Waals surface area contributed by atoms with E-state index >= 15 is 0 Å². The molecular weight excluding hydrogens is 300 g/mol. The van der Waals surface area contributed by atoms with Gasteiger partial charge in [-0.3, -0.25) is 10.1 Å². The van der Waals surface area contributed by atoms with Crippen LogP contribution < -0.4 is 10.1 Å².